The monoisotopic (exact) mass is 460 g/mol. The van der Waals surface area contributed by atoms with Crippen LogP contribution in [0.3, 0.4) is 0 Å². The summed E-state index contributed by atoms with van der Waals surface area (Å²) in [5.74, 6) is 0.0138. The molecule has 1 aliphatic heterocycles. The Morgan fingerprint density at radius 2 is 1.56 bits per heavy atom. The second-order valence-electron chi connectivity index (χ2n) is 7.24. The molecule has 3 aromatic rings. The van der Waals surface area contributed by atoms with E-state index < -0.39 is 10.8 Å². The fourth-order valence-electron chi connectivity index (χ4n) is 3.26. The second kappa shape index (κ2) is 10.3. The van der Waals surface area contributed by atoms with E-state index in [9.17, 15) is 19.7 Å². The highest BCUT2D eigenvalue weighted by atomic mass is 16.7. The standard InChI is InChI=1S/C24H20N4O6/c29-22(11-6-16-12-21(28(31)32)13-17-14-33-15-34-23(16)17)25-19-7-9-20(10-8-19)27-24(30)26-18-4-2-1-3-5-18/h1-13H,14-15H2,(H,25,29)(H2,26,27,30)/b11-6+. The third-order valence-corrected chi connectivity index (χ3v) is 4.79. The van der Waals surface area contributed by atoms with Gasteiger partial charge in [0.15, 0.2) is 6.79 Å². The van der Waals surface area contributed by atoms with E-state index in [1.165, 1.54) is 24.3 Å². The number of nitro groups is 1. The van der Waals surface area contributed by atoms with Crippen LogP contribution in [0.5, 0.6) is 5.75 Å². The van der Waals surface area contributed by atoms with Crippen LogP contribution in [0, 0.1) is 10.1 Å². The number of amides is 3. The van der Waals surface area contributed by atoms with Gasteiger partial charge in [-0.15, -0.1) is 0 Å². The molecule has 0 atom stereocenters. The number of urea groups is 1. The first-order valence-corrected chi connectivity index (χ1v) is 10.2. The number of rotatable bonds is 6. The summed E-state index contributed by atoms with van der Waals surface area (Å²) in [7, 11) is 0. The lowest BCUT2D eigenvalue weighted by molar-refractivity contribution is -0.385. The van der Waals surface area contributed by atoms with Gasteiger partial charge in [-0.25, -0.2) is 4.79 Å². The van der Waals surface area contributed by atoms with E-state index in [1.54, 1.807) is 36.4 Å². The zero-order valence-corrected chi connectivity index (χ0v) is 17.8. The lowest BCUT2D eigenvalue weighted by atomic mass is 10.1. The molecular formula is C24H20N4O6. The van der Waals surface area contributed by atoms with Gasteiger partial charge in [0, 0.05) is 46.4 Å². The Labute approximate surface area is 194 Å². The van der Waals surface area contributed by atoms with Crippen LogP contribution in [0.4, 0.5) is 27.5 Å². The highest BCUT2D eigenvalue weighted by Crippen LogP contribution is 2.33. The molecule has 1 aliphatic rings. The molecule has 3 aromatic carbocycles. The van der Waals surface area contributed by atoms with Crippen molar-refractivity contribution >= 4 is 40.8 Å². The number of fused-ring (bicyclic) bond motifs is 1. The molecule has 0 radical (unpaired) electrons. The van der Waals surface area contributed by atoms with Crippen LogP contribution in [0.15, 0.2) is 72.8 Å². The maximum atomic E-state index is 12.4. The van der Waals surface area contributed by atoms with Crippen molar-refractivity contribution in [1.29, 1.82) is 0 Å². The van der Waals surface area contributed by atoms with Gasteiger partial charge in [-0.2, -0.15) is 0 Å². The Hall–Kier alpha value is -4.70. The number of carbonyl (C=O) groups is 2. The number of nitrogens with zero attached hydrogens (tertiary/aromatic N) is 1. The Bertz CT molecular complexity index is 1240. The summed E-state index contributed by atoms with van der Waals surface area (Å²) in [4.78, 5) is 35.1. The Morgan fingerprint density at radius 1 is 0.912 bits per heavy atom. The van der Waals surface area contributed by atoms with Crippen LogP contribution in [0.25, 0.3) is 6.08 Å². The van der Waals surface area contributed by atoms with Gasteiger partial charge in [-0.3, -0.25) is 14.9 Å². The van der Waals surface area contributed by atoms with Gasteiger partial charge < -0.3 is 25.4 Å². The van der Waals surface area contributed by atoms with Crippen molar-refractivity contribution in [2.75, 3.05) is 22.7 Å². The van der Waals surface area contributed by atoms with Crippen LogP contribution in [-0.4, -0.2) is 23.7 Å². The van der Waals surface area contributed by atoms with Gasteiger partial charge in [0.25, 0.3) is 5.69 Å². The predicted molar refractivity (Wildman–Crippen MR) is 127 cm³/mol. The molecule has 0 unspecified atom stereocenters. The first-order chi connectivity index (χ1) is 16.5. The zero-order chi connectivity index (χ0) is 23.9. The second-order valence-corrected chi connectivity index (χ2v) is 7.24. The average molecular weight is 460 g/mol. The fraction of sp³-hybridized carbons (Fsp3) is 0.0833. The highest BCUT2D eigenvalue weighted by Gasteiger charge is 2.19. The minimum Gasteiger partial charge on any atom is -0.467 e. The Kier molecular flexibility index (Phi) is 6.80. The highest BCUT2D eigenvalue weighted by molar-refractivity contribution is 6.03. The third kappa shape index (κ3) is 5.75. The van der Waals surface area contributed by atoms with E-state index >= 15 is 0 Å². The summed E-state index contributed by atoms with van der Waals surface area (Å²) in [6, 6.07) is 17.9. The van der Waals surface area contributed by atoms with Gasteiger partial charge in [0.05, 0.1) is 11.5 Å². The first kappa shape index (κ1) is 22.5. The molecule has 34 heavy (non-hydrogen) atoms. The normalized spacial score (nSPS) is 12.4. The van der Waals surface area contributed by atoms with Gasteiger partial charge in [0.2, 0.25) is 5.91 Å². The van der Waals surface area contributed by atoms with Crippen molar-refractivity contribution in [1.82, 2.24) is 0 Å². The number of nitro benzene ring substituents is 1. The predicted octanol–water partition coefficient (Wildman–Crippen LogP) is 4.76. The lowest BCUT2D eigenvalue weighted by Gasteiger charge is -2.19. The number of non-ortho nitro benzene ring substituents is 1. The summed E-state index contributed by atoms with van der Waals surface area (Å²) in [5, 5.41) is 19.3. The number of carbonyl (C=O) groups excluding carboxylic acids is 2. The number of para-hydroxylation sites is 1. The van der Waals surface area contributed by atoms with Crippen LogP contribution in [0.1, 0.15) is 11.1 Å². The SMILES string of the molecule is O=C(/C=C/c1cc([N+](=O)[O-])cc2c1OCOC2)Nc1ccc(NC(=O)Nc2ccccc2)cc1. The number of anilines is 3. The smallest absolute Gasteiger partial charge is 0.323 e. The minimum atomic E-state index is -0.512. The van der Waals surface area contributed by atoms with E-state index in [0.29, 0.717) is 33.9 Å². The molecule has 3 amide bonds. The van der Waals surface area contributed by atoms with Crippen molar-refractivity contribution in [3.63, 3.8) is 0 Å². The molecule has 172 valence electrons. The van der Waals surface area contributed by atoms with E-state index in [-0.39, 0.29) is 25.1 Å². The molecule has 0 spiro atoms. The summed E-state index contributed by atoms with van der Waals surface area (Å²) < 4.78 is 10.6. The van der Waals surface area contributed by atoms with Crippen LogP contribution >= 0.6 is 0 Å². The molecule has 0 saturated carbocycles. The summed E-state index contributed by atoms with van der Waals surface area (Å²) in [6.07, 6.45) is 2.72. The summed E-state index contributed by atoms with van der Waals surface area (Å²) >= 11 is 0. The first-order valence-electron chi connectivity index (χ1n) is 10.2. The van der Waals surface area contributed by atoms with Crippen LogP contribution in [0.2, 0.25) is 0 Å². The van der Waals surface area contributed by atoms with Gasteiger partial charge in [-0.05, 0) is 42.5 Å². The molecule has 0 saturated heterocycles. The molecular weight excluding hydrogens is 440 g/mol. The van der Waals surface area contributed by atoms with Crippen molar-refractivity contribution in [2.24, 2.45) is 0 Å². The average Bonchev–Trinajstić information content (AvgIpc) is 2.84. The van der Waals surface area contributed by atoms with Crippen molar-refractivity contribution in [3.05, 3.63) is 94.0 Å². The summed E-state index contributed by atoms with van der Waals surface area (Å²) in [5.41, 5.74) is 2.55. The minimum absolute atomic E-state index is 0.0294. The molecule has 0 aliphatic carbocycles. The largest absolute Gasteiger partial charge is 0.467 e. The number of benzene rings is 3. The van der Waals surface area contributed by atoms with E-state index in [2.05, 4.69) is 16.0 Å². The maximum absolute atomic E-state index is 12.4. The molecule has 0 bridgehead atoms. The Morgan fingerprint density at radius 3 is 2.24 bits per heavy atom. The molecule has 4 rings (SSSR count). The lowest BCUT2D eigenvalue weighted by Crippen LogP contribution is -2.19. The number of hydrogen-bond donors (Lipinski definition) is 3. The molecule has 10 heteroatoms. The number of nitrogens with one attached hydrogen (secondary N) is 3. The van der Waals surface area contributed by atoms with Gasteiger partial charge in [0.1, 0.15) is 5.75 Å². The van der Waals surface area contributed by atoms with Gasteiger partial charge >= 0.3 is 6.03 Å². The van der Waals surface area contributed by atoms with Crippen molar-refractivity contribution in [2.45, 2.75) is 6.61 Å². The molecule has 1 heterocycles. The molecule has 0 aromatic heterocycles. The molecule has 3 N–H and O–H groups in total. The number of hydrogen-bond acceptors (Lipinski definition) is 6. The summed E-state index contributed by atoms with van der Waals surface area (Å²) in [6.45, 7) is 0.218. The van der Waals surface area contributed by atoms with Crippen LogP contribution in [-0.2, 0) is 16.1 Å². The maximum Gasteiger partial charge on any atom is 0.323 e. The molecule has 10 nitrogen and oxygen atoms in total. The zero-order valence-electron chi connectivity index (χ0n) is 17.8. The third-order valence-electron chi connectivity index (χ3n) is 4.79. The van der Waals surface area contributed by atoms with Crippen molar-refractivity contribution < 1.29 is 24.0 Å². The van der Waals surface area contributed by atoms with Crippen LogP contribution < -0.4 is 20.7 Å². The van der Waals surface area contributed by atoms with E-state index in [0.717, 1.165) is 0 Å². The van der Waals surface area contributed by atoms with Crippen molar-refractivity contribution in [3.8, 4) is 5.75 Å². The number of ether oxygens (including phenoxy) is 2. The molecule has 0 fully saturated rings. The van der Waals surface area contributed by atoms with E-state index in [1.807, 2.05) is 18.2 Å². The van der Waals surface area contributed by atoms with E-state index in [4.69, 9.17) is 9.47 Å². The Balaban J connectivity index is 1.37. The topological polar surface area (TPSA) is 132 Å². The fourth-order valence-corrected chi connectivity index (χ4v) is 3.26. The van der Waals surface area contributed by atoms with Gasteiger partial charge in [-0.1, -0.05) is 18.2 Å². The quantitative estimate of drug-likeness (QED) is 0.276.